The van der Waals surface area contributed by atoms with Gasteiger partial charge in [-0.25, -0.2) is 0 Å². The zero-order chi connectivity index (χ0) is 11.9. The lowest BCUT2D eigenvalue weighted by Gasteiger charge is -2.20. The summed E-state index contributed by atoms with van der Waals surface area (Å²) in [6.07, 6.45) is 10.5. The zero-order valence-corrected chi connectivity index (χ0v) is 10.7. The predicted molar refractivity (Wildman–Crippen MR) is 66.8 cm³/mol. The van der Waals surface area contributed by atoms with Crippen LogP contribution in [0.4, 0.5) is 0 Å². The van der Waals surface area contributed by atoms with Gasteiger partial charge in [-0.2, -0.15) is 4.98 Å². The molecule has 0 radical (unpaired) electrons. The number of nitrogens with one attached hydrogen (secondary N) is 1. The van der Waals surface area contributed by atoms with Crippen LogP contribution in [0.5, 0.6) is 0 Å². The van der Waals surface area contributed by atoms with Gasteiger partial charge in [0.05, 0.1) is 0 Å². The number of hydrogen-bond donors (Lipinski definition) is 1. The van der Waals surface area contributed by atoms with Crippen molar-refractivity contribution in [2.75, 3.05) is 6.54 Å². The molecule has 0 unspecified atom stereocenters. The van der Waals surface area contributed by atoms with E-state index in [4.69, 9.17) is 4.52 Å². The summed E-state index contributed by atoms with van der Waals surface area (Å²) in [4.78, 5) is 4.21. The maximum Gasteiger partial charge on any atom is 0.223 e. The average Bonchev–Trinajstić information content (AvgIpc) is 2.67. The van der Waals surface area contributed by atoms with Crippen molar-refractivity contribution >= 4 is 0 Å². The quantitative estimate of drug-likeness (QED) is 0.874. The van der Waals surface area contributed by atoms with Gasteiger partial charge >= 0.3 is 0 Å². The van der Waals surface area contributed by atoms with Crippen LogP contribution in [0.25, 0.3) is 0 Å². The normalized spacial score (nSPS) is 18.9. The SMILES string of the molecule is Cc1nc(CCNC2CCCCCCC2)no1. The maximum absolute atomic E-state index is 4.95. The molecule has 1 heterocycles. The van der Waals surface area contributed by atoms with Gasteiger partial charge < -0.3 is 9.84 Å². The third-order valence-corrected chi connectivity index (χ3v) is 3.46. The predicted octanol–water partition coefficient (Wildman–Crippen LogP) is 2.62. The van der Waals surface area contributed by atoms with Gasteiger partial charge in [0.1, 0.15) is 0 Å². The van der Waals surface area contributed by atoms with Crippen molar-refractivity contribution in [2.24, 2.45) is 0 Å². The second-order valence-electron chi connectivity index (χ2n) is 4.98. The Labute approximate surface area is 103 Å². The molecule has 0 aromatic carbocycles. The molecule has 1 aromatic rings. The fourth-order valence-corrected chi connectivity index (χ4v) is 2.49. The van der Waals surface area contributed by atoms with E-state index in [9.17, 15) is 0 Å². The Morgan fingerprint density at radius 2 is 1.88 bits per heavy atom. The number of rotatable bonds is 4. The molecule has 1 aliphatic carbocycles. The van der Waals surface area contributed by atoms with Crippen LogP contribution in [0.15, 0.2) is 4.52 Å². The average molecular weight is 237 g/mol. The molecule has 4 nitrogen and oxygen atoms in total. The molecule has 17 heavy (non-hydrogen) atoms. The van der Waals surface area contributed by atoms with Crippen molar-refractivity contribution in [3.05, 3.63) is 11.7 Å². The molecular formula is C13H23N3O. The molecule has 0 atom stereocenters. The minimum Gasteiger partial charge on any atom is -0.340 e. The zero-order valence-electron chi connectivity index (χ0n) is 10.7. The highest BCUT2D eigenvalue weighted by atomic mass is 16.5. The first-order chi connectivity index (χ1) is 8.34. The van der Waals surface area contributed by atoms with E-state index in [-0.39, 0.29) is 0 Å². The lowest BCUT2D eigenvalue weighted by atomic mass is 9.97. The number of aromatic nitrogens is 2. The standard InChI is InChI=1S/C13H23N3O/c1-11-15-13(16-17-11)9-10-14-12-7-5-3-2-4-6-8-12/h12,14H,2-10H2,1H3. The summed E-state index contributed by atoms with van der Waals surface area (Å²) in [5, 5.41) is 7.53. The lowest BCUT2D eigenvalue weighted by molar-refractivity contribution is 0.378. The second-order valence-corrected chi connectivity index (χ2v) is 4.98. The molecule has 1 aromatic heterocycles. The van der Waals surface area contributed by atoms with E-state index in [1.54, 1.807) is 0 Å². The third kappa shape index (κ3) is 4.46. The van der Waals surface area contributed by atoms with E-state index in [0.717, 1.165) is 18.8 Å². The molecule has 0 spiro atoms. The minimum atomic E-state index is 0.658. The summed E-state index contributed by atoms with van der Waals surface area (Å²) in [5.74, 6) is 1.48. The summed E-state index contributed by atoms with van der Waals surface area (Å²) >= 11 is 0. The van der Waals surface area contributed by atoms with E-state index < -0.39 is 0 Å². The Morgan fingerprint density at radius 1 is 1.18 bits per heavy atom. The molecule has 2 rings (SSSR count). The van der Waals surface area contributed by atoms with Crippen molar-refractivity contribution in [2.45, 2.75) is 64.3 Å². The van der Waals surface area contributed by atoms with Gasteiger partial charge in [-0.05, 0) is 12.8 Å². The molecule has 1 N–H and O–H groups in total. The van der Waals surface area contributed by atoms with Gasteiger partial charge in [0, 0.05) is 25.9 Å². The van der Waals surface area contributed by atoms with E-state index in [0.29, 0.717) is 11.9 Å². The smallest absolute Gasteiger partial charge is 0.223 e. The Morgan fingerprint density at radius 3 is 2.53 bits per heavy atom. The molecule has 0 aliphatic heterocycles. The van der Waals surface area contributed by atoms with Gasteiger partial charge in [0.15, 0.2) is 5.82 Å². The summed E-state index contributed by atoms with van der Waals surface area (Å²) in [6, 6.07) is 0.697. The molecule has 1 aliphatic rings. The van der Waals surface area contributed by atoms with Gasteiger partial charge in [-0.15, -0.1) is 0 Å². The van der Waals surface area contributed by atoms with Crippen LogP contribution in [-0.2, 0) is 6.42 Å². The van der Waals surface area contributed by atoms with E-state index in [2.05, 4.69) is 15.5 Å². The fourth-order valence-electron chi connectivity index (χ4n) is 2.49. The van der Waals surface area contributed by atoms with Gasteiger partial charge in [0.25, 0.3) is 0 Å². The number of aryl methyl sites for hydroxylation is 1. The topological polar surface area (TPSA) is 51.0 Å². The highest BCUT2D eigenvalue weighted by Crippen LogP contribution is 2.16. The molecule has 0 saturated heterocycles. The van der Waals surface area contributed by atoms with Gasteiger partial charge in [0.2, 0.25) is 5.89 Å². The van der Waals surface area contributed by atoms with E-state index >= 15 is 0 Å². The lowest BCUT2D eigenvalue weighted by Crippen LogP contribution is -2.31. The molecule has 1 saturated carbocycles. The summed E-state index contributed by atoms with van der Waals surface area (Å²) < 4.78 is 4.95. The van der Waals surface area contributed by atoms with Crippen LogP contribution in [0.3, 0.4) is 0 Å². The minimum absolute atomic E-state index is 0.658. The van der Waals surface area contributed by atoms with E-state index in [1.165, 1.54) is 44.9 Å². The monoisotopic (exact) mass is 237 g/mol. The van der Waals surface area contributed by atoms with Crippen LogP contribution in [0.2, 0.25) is 0 Å². The first-order valence-electron chi connectivity index (χ1n) is 6.87. The third-order valence-electron chi connectivity index (χ3n) is 3.46. The van der Waals surface area contributed by atoms with Crippen molar-refractivity contribution in [3.8, 4) is 0 Å². The molecule has 4 heteroatoms. The maximum atomic E-state index is 4.95. The molecule has 0 bridgehead atoms. The Bertz CT molecular complexity index is 316. The largest absolute Gasteiger partial charge is 0.340 e. The highest BCUT2D eigenvalue weighted by molar-refractivity contribution is 4.85. The molecule has 1 fully saturated rings. The van der Waals surface area contributed by atoms with Crippen LogP contribution in [0, 0.1) is 6.92 Å². The first-order valence-corrected chi connectivity index (χ1v) is 6.87. The summed E-state index contributed by atoms with van der Waals surface area (Å²) in [6.45, 7) is 2.79. The van der Waals surface area contributed by atoms with Gasteiger partial charge in [-0.3, -0.25) is 0 Å². The molecule has 0 amide bonds. The second kappa shape index (κ2) is 6.74. The van der Waals surface area contributed by atoms with Crippen molar-refractivity contribution in [1.82, 2.24) is 15.5 Å². The van der Waals surface area contributed by atoms with Crippen LogP contribution >= 0.6 is 0 Å². The first kappa shape index (κ1) is 12.6. The Hall–Kier alpha value is -0.900. The van der Waals surface area contributed by atoms with Crippen molar-refractivity contribution in [1.29, 1.82) is 0 Å². The van der Waals surface area contributed by atoms with E-state index in [1.807, 2.05) is 6.92 Å². The van der Waals surface area contributed by atoms with Crippen molar-refractivity contribution < 1.29 is 4.52 Å². The summed E-state index contributed by atoms with van der Waals surface area (Å²) in [5.41, 5.74) is 0. The van der Waals surface area contributed by atoms with Crippen molar-refractivity contribution in [3.63, 3.8) is 0 Å². The number of hydrogen-bond acceptors (Lipinski definition) is 4. The highest BCUT2D eigenvalue weighted by Gasteiger charge is 2.10. The molecule has 96 valence electrons. The van der Waals surface area contributed by atoms with Crippen LogP contribution in [0.1, 0.15) is 56.7 Å². The summed E-state index contributed by atoms with van der Waals surface area (Å²) in [7, 11) is 0. The van der Waals surface area contributed by atoms with Crippen LogP contribution < -0.4 is 5.32 Å². The van der Waals surface area contributed by atoms with Crippen LogP contribution in [-0.4, -0.2) is 22.7 Å². The Kier molecular flexibility index (Phi) is 4.98. The fraction of sp³-hybridized carbons (Fsp3) is 0.846. The van der Waals surface area contributed by atoms with Gasteiger partial charge in [-0.1, -0.05) is 37.3 Å². The molecular weight excluding hydrogens is 214 g/mol. The Balaban J connectivity index is 1.66. The number of nitrogens with zero attached hydrogens (tertiary/aromatic N) is 2.